The average Bonchev–Trinajstić information content (AvgIpc) is 3.18. The van der Waals surface area contributed by atoms with Crippen molar-refractivity contribution in [3.63, 3.8) is 0 Å². The van der Waals surface area contributed by atoms with Gasteiger partial charge in [-0.2, -0.15) is 0 Å². The number of hydrogen-bond donors (Lipinski definition) is 3. The summed E-state index contributed by atoms with van der Waals surface area (Å²) in [6, 6.07) is -0.640. The number of ether oxygens (including phenoxy) is 1. The van der Waals surface area contributed by atoms with Crippen molar-refractivity contribution >= 4 is 11.9 Å². The number of nitrogens with one attached hydrogen (secondary N) is 1. The second-order valence-electron chi connectivity index (χ2n) is 16.4. The zero-order valence-corrected chi connectivity index (χ0v) is 36.7. The van der Waals surface area contributed by atoms with Crippen molar-refractivity contribution < 1.29 is 24.5 Å². The van der Waals surface area contributed by atoms with Gasteiger partial charge in [0.1, 0.15) is 0 Å². The molecule has 0 aliphatic heterocycles. The van der Waals surface area contributed by atoms with E-state index in [4.69, 9.17) is 4.74 Å². The van der Waals surface area contributed by atoms with E-state index in [0.29, 0.717) is 19.4 Å². The van der Waals surface area contributed by atoms with Crippen molar-refractivity contribution in [2.45, 2.75) is 264 Å². The highest BCUT2D eigenvalue weighted by Crippen LogP contribution is 2.15. The zero-order chi connectivity index (χ0) is 40.1. The van der Waals surface area contributed by atoms with Gasteiger partial charge in [0.25, 0.3) is 0 Å². The minimum atomic E-state index is -0.855. The molecule has 55 heavy (non-hydrogen) atoms. The molecule has 324 valence electrons. The predicted octanol–water partition coefficient (Wildman–Crippen LogP) is 14.0. The Balaban J connectivity index is 3.50. The third-order valence-corrected chi connectivity index (χ3v) is 11.0. The van der Waals surface area contributed by atoms with Crippen molar-refractivity contribution in [3.8, 4) is 0 Å². The zero-order valence-electron chi connectivity index (χ0n) is 36.7. The van der Waals surface area contributed by atoms with Gasteiger partial charge in [0.2, 0.25) is 5.91 Å². The van der Waals surface area contributed by atoms with Gasteiger partial charge in [-0.1, -0.05) is 205 Å². The van der Waals surface area contributed by atoms with E-state index in [1.165, 1.54) is 167 Å². The number of unbranched alkanes of at least 4 members (excludes halogenated alkanes) is 31. The van der Waals surface area contributed by atoms with E-state index in [9.17, 15) is 19.8 Å². The van der Waals surface area contributed by atoms with Crippen LogP contribution in [0.3, 0.4) is 0 Å². The third kappa shape index (κ3) is 41.8. The lowest BCUT2D eigenvalue weighted by atomic mass is 10.0. The minimum Gasteiger partial charge on any atom is -0.466 e. The smallest absolute Gasteiger partial charge is 0.305 e. The van der Waals surface area contributed by atoms with Crippen LogP contribution < -0.4 is 5.32 Å². The normalized spacial score (nSPS) is 12.9. The van der Waals surface area contributed by atoms with Crippen LogP contribution >= 0.6 is 0 Å². The molecule has 2 unspecified atom stereocenters. The van der Waals surface area contributed by atoms with Crippen LogP contribution in [0.5, 0.6) is 0 Å². The van der Waals surface area contributed by atoms with Gasteiger partial charge in [-0.15, -0.1) is 0 Å². The molecule has 3 N–H and O–H groups in total. The highest BCUT2D eigenvalue weighted by atomic mass is 16.5. The first-order valence-corrected chi connectivity index (χ1v) is 24.1. The molecule has 0 heterocycles. The summed E-state index contributed by atoms with van der Waals surface area (Å²) >= 11 is 0. The van der Waals surface area contributed by atoms with Crippen molar-refractivity contribution in [2.75, 3.05) is 13.2 Å². The number of amides is 1. The van der Waals surface area contributed by atoms with Gasteiger partial charge < -0.3 is 20.3 Å². The second-order valence-corrected chi connectivity index (χ2v) is 16.4. The van der Waals surface area contributed by atoms with Crippen LogP contribution in [0, 0.1) is 0 Å². The van der Waals surface area contributed by atoms with Gasteiger partial charge in [-0.3, -0.25) is 9.59 Å². The molecule has 0 aromatic carbocycles. The molecule has 2 atom stereocenters. The summed E-state index contributed by atoms with van der Waals surface area (Å²) in [5.74, 6) is -0.113. The lowest BCUT2D eigenvalue weighted by Gasteiger charge is -2.20. The molecule has 1 amide bonds. The molecule has 0 aliphatic rings. The molecule has 0 aromatic rings. The van der Waals surface area contributed by atoms with Crippen LogP contribution in [-0.2, 0) is 14.3 Å². The van der Waals surface area contributed by atoms with Gasteiger partial charge >= 0.3 is 5.97 Å². The topological polar surface area (TPSA) is 95.9 Å². The van der Waals surface area contributed by atoms with Crippen molar-refractivity contribution in [1.82, 2.24) is 5.32 Å². The van der Waals surface area contributed by atoms with Gasteiger partial charge in [0.05, 0.1) is 25.4 Å². The number of hydrogen-bond acceptors (Lipinski definition) is 5. The quantitative estimate of drug-likeness (QED) is 0.0325. The molecule has 6 heteroatoms. The van der Waals surface area contributed by atoms with E-state index < -0.39 is 12.1 Å². The fraction of sp³-hybridized carbons (Fsp3) is 0.878. The van der Waals surface area contributed by atoms with E-state index in [-0.39, 0.29) is 18.5 Å². The summed E-state index contributed by atoms with van der Waals surface area (Å²) in [5, 5.41) is 23.0. The number of carbonyl (C=O) groups is 2. The molecular weight excluding hydrogens is 683 g/mol. The standard InChI is InChI=1S/C49H93NO5/c1-3-5-7-9-11-13-15-17-18-19-23-27-31-35-39-43-49(54)55-44-40-36-32-28-24-20-22-26-30-34-38-42-48(53)50-46(45-51)47(52)41-37-33-29-25-21-16-14-12-10-8-6-4-2/h17-18,37,41,46-47,51-52H,3-16,19-36,38-40,42-45H2,1-2H3,(H,50,53)/b18-17-,41-37+. The minimum absolute atomic E-state index is 0.0240. The first kappa shape index (κ1) is 53.3. The van der Waals surface area contributed by atoms with E-state index in [2.05, 4.69) is 31.3 Å². The number of aliphatic hydroxyl groups excluding tert-OH is 2. The lowest BCUT2D eigenvalue weighted by Crippen LogP contribution is -2.45. The average molecular weight is 776 g/mol. The molecule has 0 fully saturated rings. The number of aliphatic hydroxyl groups is 2. The van der Waals surface area contributed by atoms with Crippen LogP contribution in [0.25, 0.3) is 0 Å². The van der Waals surface area contributed by atoms with E-state index in [1.807, 2.05) is 6.08 Å². The monoisotopic (exact) mass is 776 g/mol. The highest BCUT2D eigenvalue weighted by molar-refractivity contribution is 5.76. The molecule has 0 bridgehead atoms. The summed E-state index contributed by atoms with van der Waals surface area (Å²) in [7, 11) is 0. The summed E-state index contributed by atoms with van der Waals surface area (Å²) < 4.78 is 5.45. The predicted molar refractivity (Wildman–Crippen MR) is 236 cm³/mol. The molecule has 6 nitrogen and oxygen atoms in total. The third-order valence-electron chi connectivity index (χ3n) is 11.0. The number of esters is 1. The maximum Gasteiger partial charge on any atom is 0.305 e. The van der Waals surface area contributed by atoms with Crippen molar-refractivity contribution in [1.29, 1.82) is 0 Å². The molecule has 0 radical (unpaired) electrons. The molecule has 0 aliphatic carbocycles. The van der Waals surface area contributed by atoms with Gasteiger partial charge in [-0.25, -0.2) is 0 Å². The molecule has 0 aromatic heterocycles. The number of carbonyl (C=O) groups excluding carboxylic acids is 2. The van der Waals surface area contributed by atoms with Gasteiger partial charge in [0.15, 0.2) is 0 Å². The van der Waals surface area contributed by atoms with Crippen molar-refractivity contribution in [3.05, 3.63) is 24.3 Å². The van der Waals surface area contributed by atoms with E-state index in [0.717, 1.165) is 57.8 Å². The van der Waals surface area contributed by atoms with E-state index in [1.54, 1.807) is 6.08 Å². The first-order valence-electron chi connectivity index (χ1n) is 24.1. The molecule has 0 saturated heterocycles. The summed E-state index contributed by atoms with van der Waals surface area (Å²) in [5.41, 5.74) is 0. The first-order chi connectivity index (χ1) is 27.0. The van der Waals surface area contributed by atoms with Gasteiger partial charge in [0, 0.05) is 12.8 Å². The Bertz CT molecular complexity index is 858. The largest absolute Gasteiger partial charge is 0.466 e. The summed E-state index contributed by atoms with van der Waals surface area (Å²) in [6.45, 7) is 4.83. The fourth-order valence-electron chi connectivity index (χ4n) is 7.21. The van der Waals surface area contributed by atoms with Crippen LogP contribution in [0.1, 0.15) is 251 Å². The van der Waals surface area contributed by atoms with Crippen molar-refractivity contribution in [2.24, 2.45) is 0 Å². The van der Waals surface area contributed by atoms with Crippen LogP contribution in [-0.4, -0.2) is 47.4 Å². The molecular formula is C49H93NO5. The molecule has 0 rings (SSSR count). The summed E-state index contributed by atoms with van der Waals surface area (Å²) in [6.07, 6.45) is 51.6. The second kappa shape index (κ2) is 45.0. The molecule has 0 spiro atoms. The van der Waals surface area contributed by atoms with Crippen LogP contribution in [0.4, 0.5) is 0 Å². The molecule has 0 saturated carbocycles. The Morgan fingerprint density at radius 2 is 0.855 bits per heavy atom. The Labute approximate surface area is 341 Å². The summed E-state index contributed by atoms with van der Waals surface area (Å²) in [4.78, 5) is 24.4. The maximum atomic E-state index is 12.4. The van der Waals surface area contributed by atoms with Crippen LogP contribution in [0.15, 0.2) is 24.3 Å². The number of allylic oxidation sites excluding steroid dienone is 3. The SMILES string of the molecule is CCCCCCCC/C=C\CCCCCCCC(=O)OCCCCCCCCCCCCCC(=O)NC(CO)C(O)/C=C/CCCCCCCCCCCC. The fourth-order valence-corrected chi connectivity index (χ4v) is 7.21. The Morgan fingerprint density at radius 1 is 0.491 bits per heavy atom. The number of rotatable bonds is 44. The Morgan fingerprint density at radius 3 is 1.29 bits per heavy atom. The maximum absolute atomic E-state index is 12.4. The van der Waals surface area contributed by atoms with Gasteiger partial charge in [-0.05, 0) is 57.8 Å². The van der Waals surface area contributed by atoms with Crippen LogP contribution in [0.2, 0.25) is 0 Å². The highest BCUT2D eigenvalue weighted by Gasteiger charge is 2.18. The Hall–Kier alpha value is -1.66. The Kier molecular flexibility index (Phi) is 43.7. The lowest BCUT2D eigenvalue weighted by molar-refractivity contribution is -0.143. The van der Waals surface area contributed by atoms with E-state index >= 15 is 0 Å².